The number of hydrogen-bond acceptors (Lipinski definition) is 5. The maximum Gasteiger partial charge on any atom is 0.253 e. The predicted octanol–water partition coefficient (Wildman–Crippen LogP) is 3.97. The zero-order valence-corrected chi connectivity index (χ0v) is 19.1. The molecule has 0 bridgehead atoms. The van der Waals surface area contributed by atoms with Gasteiger partial charge in [0, 0.05) is 41.6 Å². The molecule has 31 heavy (non-hydrogen) atoms. The minimum absolute atomic E-state index is 0.0392. The number of nitrogens with zero attached hydrogens (tertiary/aromatic N) is 2. The fourth-order valence-corrected chi connectivity index (χ4v) is 5.05. The third-order valence-electron chi connectivity index (χ3n) is 5.82. The Morgan fingerprint density at radius 2 is 1.94 bits per heavy atom. The van der Waals surface area contributed by atoms with Crippen LogP contribution in [-0.4, -0.2) is 55.3 Å². The summed E-state index contributed by atoms with van der Waals surface area (Å²) >= 11 is 1.73. The van der Waals surface area contributed by atoms with Gasteiger partial charge in [0.1, 0.15) is 5.75 Å². The summed E-state index contributed by atoms with van der Waals surface area (Å²) in [7, 11) is 1.66. The highest BCUT2D eigenvalue weighted by molar-refractivity contribution is 7.10. The summed E-state index contributed by atoms with van der Waals surface area (Å²) in [5.74, 6) is 0.773. The Kier molecular flexibility index (Phi) is 6.75. The lowest BCUT2D eigenvalue weighted by molar-refractivity contribution is 0.0169. The summed E-state index contributed by atoms with van der Waals surface area (Å²) in [6, 6.07) is 14.2. The Morgan fingerprint density at radius 1 is 1.19 bits per heavy atom. The lowest BCUT2D eigenvalue weighted by Gasteiger charge is -2.34. The fraction of sp³-hybridized carbons (Fsp3) is 0.375. The number of hydrogen-bond donors (Lipinski definition) is 1. The number of carbonyl (C=O) groups excluding carboxylic acids is 1. The Labute approximate surface area is 187 Å². The zero-order valence-electron chi connectivity index (χ0n) is 18.3. The summed E-state index contributed by atoms with van der Waals surface area (Å²) in [5, 5.41) is 5.28. The maximum atomic E-state index is 13.1. The molecule has 1 amide bonds. The Morgan fingerprint density at radius 3 is 2.58 bits per heavy atom. The van der Waals surface area contributed by atoms with Crippen LogP contribution in [0.3, 0.4) is 0 Å². The van der Waals surface area contributed by atoms with E-state index in [1.165, 1.54) is 4.88 Å². The standard InChI is InChI=1S/C24H29N3O3S/c1-17-15-21(18(2)27(17)19-6-8-20(29-3)9-7-19)24(28)25-16-22(23-5-4-14-31-23)26-10-12-30-13-11-26/h4-9,14-15,22H,10-13,16H2,1-3H3,(H,25,28). The van der Waals surface area contributed by atoms with E-state index in [2.05, 4.69) is 32.3 Å². The number of nitrogens with one attached hydrogen (secondary N) is 1. The van der Waals surface area contributed by atoms with Crippen LogP contribution in [0.15, 0.2) is 47.8 Å². The van der Waals surface area contributed by atoms with Crippen molar-refractivity contribution in [1.82, 2.24) is 14.8 Å². The lowest BCUT2D eigenvalue weighted by atomic mass is 10.1. The third-order valence-corrected chi connectivity index (χ3v) is 6.79. The number of thiophene rings is 1. The minimum Gasteiger partial charge on any atom is -0.497 e. The molecule has 164 valence electrons. The van der Waals surface area contributed by atoms with Gasteiger partial charge < -0.3 is 19.4 Å². The number of amides is 1. The summed E-state index contributed by atoms with van der Waals surface area (Å²) in [6.45, 7) is 7.82. The number of aryl methyl sites for hydroxylation is 1. The van der Waals surface area contributed by atoms with Gasteiger partial charge in [-0.3, -0.25) is 9.69 Å². The average Bonchev–Trinajstić information content (AvgIpc) is 3.43. The van der Waals surface area contributed by atoms with Crippen LogP contribution in [0, 0.1) is 13.8 Å². The molecule has 1 aliphatic rings. The number of ether oxygens (including phenoxy) is 2. The number of rotatable bonds is 7. The normalized spacial score (nSPS) is 15.6. The molecule has 1 aliphatic heterocycles. The minimum atomic E-state index is -0.0392. The molecule has 0 saturated carbocycles. The van der Waals surface area contributed by atoms with Crippen LogP contribution in [0.5, 0.6) is 5.75 Å². The Hall–Kier alpha value is -2.61. The highest BCUT2D eigenvalue weighted by Gasteiger charge is 2.25. The van der Waals surface area contributed by atoms with Crippen molar-refractivity contribution in [1.29, 1.82) is 0 Å². The molecule has 1 N–H and O–H groups in total. The molecule has 1 saturated heterocycles. The molecular weight excluding hydrogens is 410 g/mol. The third kappa shape index (κ3) is 4.69. The van der Waals surface area contributed by atoms with Gasteiger partial charge in [0.2, 0.25) is 0 Å². The Bertz CT molecular complexity index is 1010. The first-order valence-corrected chi connectivity index (χ1v) is 11.4. The smallest absolute Gasteiger partial charge is 0.253 e. The van der Waals surface area contributed by atoms with Crippen molar-refractivity contribution < 1.29 is 14.3 Å². The van der Waals surface area contributed by atoms with Crippen LogP contribution < -0.4 is 10.1 Å². The van der Waals surface area contributed by atoms with E-state index in [1.54, 1.807) is 18.4 Å². The van der Waals surface area contributed by atoms with Crippen molar-refractivity contribution in [3.63, 3.8) is 0 Å². The van der Waals surface area contributed by atoms with E-state index in [0.29, 0.717) is 12.1 Å². The summed E-state index contributed by atoms with van der Waals surface area (Å²) in [4.78, 5) is 16.8. The van der Waals surface area contributed by atoms with Crippen molar-refractivity contribution in [2.75, 3.05) is 40.0 Å². The second kappa shape index (κ2) is 9.68. The molecule has 0 spiro atoms. The second-order valence-electron chi connectivity index (χ2n) is 7.71. The number of carbonyl (C=O) groups is 1. The van der Waals surface area contributed by atoms with Gasteiger partial charge in [0.15, 0.2) is 0 Å². The van der Waals surface area contributed by atoms with Crippen molar-refractivity contribution in [3.05, 3.63) is 69.7 Å². The van der Waals surface area contributed by atoms with Gasteiger partial charge in [-0.25, -0.2) is 0 Å². The molecule has 1 fully saturated rings. The summed E-state index contributed by atoms with van der Waals surface area (Å²) in [5.41, 5.74) is 3.68. The Balaban J connectivity index is 1.51. The van der Waals surface area contributed by atoms with Gasteiger partial charge >= 0.3 is 0 Å². The van der Waals surface area contributed by atoms with Gasteiger partial charge in [-0.05, 0) is 55.6 Å². The highest BCUT2D eigenvalue weighted by atomic mass is 32.1. The number of aromatic nitrogens is 1. The molecule has 2 aromatic heterocycles. The van der Waals surface area contributed by atoms with Gasteiger partial charge in [0.05, 0.1) is 31.9 Å². The van der Waals surface area contributed by atoms with Crippen molar-refractivity contribution in [3.8, 4) is 11.4 Å². The highest BCUT2D eigenvalue weighted by Crippen LogP contribution is 2.26. The summed E-state index contributed by atoms with van der Waals surface area (Å²) < 4.78 is 12.9. The fourth-order valence-electron chi connectivity index (χ4n) is 4.19. The van der Waals surface area contributed by atoms with Crippen molar-refractivity contribution in [2.24, 2.45) is 0 Å². The van der Waals surface area contributed by atoms with Gasteiger partial charge in [0.25, 0.3) is 5.91 Å². The van der Waals surface area contributed by atoms with Crippen LogP contribution in [0.1, 0.15) is 32.7 Å². The summed E-state index contributed by atoms with van der Waals surface area (Å²) in [6.07, 6.45) is 0. The molecule has 3 heterocycles. The molecule has 7 heteroatoms. The monoisotopic (exact) mass is 439 g/mol. The first-order valence-electron chi connectivity index (χ1n) is 10.5. The van der Waals surface area contributed by atoms with Crippen LogP contribution in [-0.2, 0) is 4.74 Å². The molecule has 1 aromatic carbocycles. The number of morpholine rings is 1. The molecule has 4 rings (SSSR count). The van der Waals surface area contributed by atoms with Crippen molar-refractivity contribution >= 4 is 17.2 Å². The van der Waals surface area contributed by atoms with E-state index >= 15 is 0 Å². The van der Waals surface area contributed by atoms with Gasteiger partial charge in [-0.15, -0.1) is 11.3 Å². The topological polar surface area (TPSA) is 55.7 Å². The van der Waals surface area contributed by atoms with Crippen molar-refractivity contribution in [2.45, 2.75) is 19.9 Å². The zero-order chi connectivity index (χ0) is 21.8. The quantitative estimate of drug-likeness (QED) is 0.605. The molecule has 6 nitrogen and oxygen atoms in total. The van der Waals surface area contributed by atoms with E-state index in [4.69, 9.17) is 9.47 Å². The van der Waals surface area contributed by atoms with E-state index in [9.17, 15) is 4.79 Å². The van der Waals surface area contributed by atoms with Crippen LogP contribution in [0.25, 0.3) is 5.69 Å². The largest absolute Gasteiger partial charge is 0.497 e. The van der Waals surface area contributed by atoms with Gasteiger partial charge in [-0.1, -0.05) is 6.07 Å². The van der Waals surface area contributed by atoms with E-state index in [1.807, 2.05) is 44.2 Å². The first kappa shape index (κ1) is 21.6. The molecule has 0 aliphatic carbocycles. The second-order valence-corrected chi connectivity index (χ2v) is 8.69. The molecule has 0 radical (unpaired) electrons. The average molecular weight is 440 g/mol. The molecule has 1 atom stereocenters. The molecule has 1 unspecified atom stereocenters. The molecular formula is C24H29N3O3S. The van der Waals surface area contributed by atoms with E-state index in [0.717, 1.165) is 49.1 Å². The van der Waals surface area contributed by atoms with Gasteiger partial charge in [-0.2, -0.15) is 0 Å². The SMILES string of the molecule is COc1ccc(-n2c(C)cc(C(=O)NCC(c3cccs3)N3CCOCC3)c2C)cc1. The lowest BCUT2D eigenvalue weighted by Crippen LogP contribution is -2.43. The van der Waals surface area contributed by atoms with E-state index < -0.39 is 0 Å². The predicted molar refractivity (Wildman–Crippen MR) is 124 cm³/mol. The number of benzene rings is 1. The van der Waals surface area contributed by atoms with E-state index in [-0.39, 0.29) is 11.9 Å². The number of methoxy groups -OCH3 is 1. The van der Waals surface area contributed by atoms with Crippen LogP contribution in [0.2, 0.25) is 0 Å². The maximum absolute atomic E-state index is 13.1. The van der Waals surface area contributed by atoms with Crippen LogP contribution >= 0.6 is 11.3 Å². The first-order chi connectivity index (χ1) is 15.1. The molecule has 3 aromatic rings. The van der Waals surface area contributed by atoms with Crippen LogP contribution in [0.4, 0.5) is 0 Å².